The van der Waals surface area contributed by atoms with E-state index < -0.39 is 0 Å². The van der Waals surface area contributed by atoms with Gasteiger partial charge in [-0.1, -0.05) is 0 Å². The fourth-order valence-corrected chi connectivity index (χ4v) is 3.42. The summed E-state index contributed by atoms with van der Waals surface area (Å²) in [4.78, 5) is 17.2. The van der Waals surface area contributed by atoms with Gasteiger partial charge in [0.15, 0.2) is 12.8 Å². The molecule has 1 aromatic carbocycles. The number of benzene rings is 1. The molecule has 0 spiro atoms. The summed E-state index contributed by atoms with van der Waals surface area (Å²) in [6.07, 6.45) is 4.04. The lowest BCUT2D eigenvalue weighted by Crippen LogP contribution is -2.51. The number of aliphatic imine (C=N–C) groups is 1. The predicted octanol–water partition coefficient (Wildman–Crippen LogP) is 1.78. The van der Waals surface area contributed by atoms with E-state index in [2.05, 4.69) is 19.9 Å². The van der Waals surface area contributed by atoms with Crippen LogP contribution in [0.3, 0.4) is 0 Å². The fraction of sp³-hybridized carbons (Fsp3) is 0.421. The summed E-state index contributed by atoms with van der Waals surface area (Å²) in [5.41, 5.74) is 7.69. The Morgan fingerprint density at radius 3 is 2.69 bits per heavy atom. The van der Waals surface area contributed by atoms with Gasteiger partial charge in [0, 0.05) is 50.7 Å². The van der Waals surface area contributed by atoms with E-state index in [4.69, 9.17) is 15.2 Å². The molecule has 156 valence electrons. The van der Waals surface area contributed by atoms with Gasteiger partial charge in [-0.05, 0) is 30.2 Å². The Hall–Kier alpha value is -2.21. The van der Waals surface area contributed by atoms with Gasteiger partial charge in [0.1, 0.15) is 11.6 Å². The standard InChI is InChI=1S/C19H23FN6O2.HI/c20-16-10-14(17-15(11-16)12-27-13-28-17)2-5-22-18(21)25-6-8-26(9-7-25)19-23-3-1-4-24-19;/h1,3-4,10-11H,2,5-9,12-13H2,(H2,21,22);1H. The minimum Gasteiger partial charge on any atom is -0.467 e. The molecular weight excluding hydrogens is 490 g/mol. The molecule has 2 aromatic rings. The number of fused-ring (bicyclic) bond motifs is 1. The summed E-state index contributed by atoms with van der Waals surface area (Å²) in [7, 11) is 0. The molecule has 0 saturated carbocycles. The molecule has 1 aromatic heterocycles. The fourth-order valence-electron chi connectivity index (χ4n) is 3.42. The summed E-state index contributed by atoms with van der Waals surface area (Å²) < 4.78 is 24.6. The van der Waals surface area contributed by atoms with Crippen LogP contribution in [-0.2, 0) is 17.8 Å². The molecule has 8 nitrogen and oxygen atoms in total. The van der Waals surface area contributed by atoms with Crippen molar-refractivity contribution in [3.05, 3.63) is 47.5 Å². The van der Waals surface area contributed by atoms with E-state index in [-0.39, 0.29) is 36.6 Å². The van der Waals surface area contributed by atoms with Crippen LogP contribution in [0, 0.1) is 5.82 Å². The zero-order chi connectivity index (χ0) is 19.3. The lowest BCUT2D eigenvalue weighted by atomic mass is 10.1. The third-order valence-electron chi connectivity index (χ3n) is 4.85. The summed E-state index contributed by atoms with van der Waals surface area (Å²) >= 11 is 0. The number of nitrogens with two attached hydrogens (primary N) is 1. The lowest BCUT2D eigenvalue weighted by molar-refractivity contribution is -0.0172. The van der Waals surface area contributed by atoms with Crippen molar-refractivity contribution >= 4 is 35.9 Å². The first kappa shape index (κ1) is 21.5. The highest BCUT2D eigenvalue weighted by Crippen LogP contribution is 2.29. The Bertz CT molecular complexity index is 846. The number of halogens is 2. The number of ether oxygens (including phenoxy) is 2. The molecule has 1 saturated heterocycles. The SMILES string of the molecule is I.NC(=NCCc1cc(F)cc2c1OCOC2)N1CCN(c2ncccn2)CC1. The lowest BCUT2D eigenvalue weighted by Gasteiger charge is -2.35. The molecule has 0 radical (unpaired) electrons. The van der Waals surface area contributed by atoms with Crippen LogP contribution in [0.2, 0.25) is 0 Å². The molecule has 0 bridgehead atoms. The quantitative estimate of drug-likeness (QED) is 0.378. The third kappa shape index (κ3) is 5.24. The second-order valence-electron chi connectivity index (χ2n) is 6.68. The van der Waals surface area contributed by atoms with Crippen molar-refractivity contribution in [2.45, 2.75) is 13.0 Å². The van der Waals surface area contributed by atoms with Crippen molar-refractivity contribution in [1.29, 1.82) is 0 Å². The molecule has 0 aliphatic carbocycles. The van der Waals surface area contributed by atoms with E-state index in [0.29, 0.717) is 31.3 Å². The van der Waals surface area contributed by atoms with Gasteiger partial charge >= 0.3 is 0 Å². The van der Waals surface area contributed by atoms with Crippen LogP contribution in [0.5, 0.6) is 5.75 Å². The number of piperazine rings is 1. The molecule has 10 heteroatoms. The topological polar surface area (TPSA) is 89.1 Å². The van der Waals surface area contributed by atoms with Crippen LogP contribution in [0.4, 0.5) is 10.3 Å². The smallest absolute Gasteiger partial charge is 0.225 e. The maximum atomic E-state index is 13.8. The first-order valence-electron chi connectivity index (χ1n) is 9.29. The maximum absolute atomic E-state index is 13.8. The van der Waals surface area contributed by atoms with E-state index in [1.54, 1.807) is 18.5 Å². The van der Waals surface area contributed by atoms with Crippen LogP contribution in [0.1, 0.15) is 11.1 Å². The van der Waals surface area contributed by atoms with Crippen LogP contribution < -0.4 is 15.4 Å². The van der Waals surface area contributed by atoms with Crippen LogP contribution in [0.15, 0.2) is 35.6 Å². The highest BCUT2D eigenvalue weighted by molar-refractivity contribution is 14.0. The van der Waals surface area contributed by atoms with Gasteiger partial charge in [-0.3, -0.25) is 4.99 Å². The first-order valence-corrected chi connectivity index (χ1v) is 9.29. The Morgan fingerprint density at radius 2 is 1.93 bits per heavy atom. The van der Waals surface area contributed by atoms with Gasteiger partial charge in [-0.25, -0.2) is 14.4 Å². The zero-order valence-corrected chi connectivity index (χ0v) is 18.3. The van der Waals surface area contributed by atoms with Crippen LogP contribution in [-0.4, -0.2) is 60.3 Å². The minimum absolute atomic E-state index is 0. The van der Waals surface area contributed by atoms with Crippen molar-refractivity contribution in [3.8, 4) is 5.75 Å². The number of hydrogen-bond acceptors (Lipinski definition) is 6. The van der Waals surface area contributed by atoms with E-state index >= 15 is 0 Å². The average molecular weight is 514 g/mol. The second-order valence-corrected chi connectivity index (χ2v) is 6.68. The van der Waals surface area contributed by atoms with Gasteiger partial charge in [-0.2, -0.15) is 0 Å². The molecule has 0 unspecified atom stereocenters. The highest BCUT2D eigenvalue weighted by Gasteiger charge is 2.20. The molecule has 2 N–H and O–H groups in total. The molecule has 2 aliphatic rings. The molecule has 3 heterocycles. The second kappa shape index (κ2) is 10.0. The van der Waals surface area contributed by atoms with E-state index in [0.717, 1.165) is 43.3 Å². The first-order chi connectivity index (χ1) is 13.7. The number of anilines is 1. The predicted molar refractivity (Wildman–Crippen MR) is 118 cm³/mol. The van der Waals surface area contributed by atoms with Crippen molar-refractivity contribution in [1.82, 2.24) is 14.9 Å². The van der Waals surface area contributed by atoms with Gasteiger partial charge in [0.05, 0.1) is 6.61 Å². The van der Waals surface area contributed by atoms with Gasteiger partial charge in [0.25, 0.3) is 0 Å². The van der Waals surface area contributed by atoms with Crippen molar-refractivity contribution < 1.29 is 13.9 Å². The summed E-state index contributed by atoms with van der Waals surface area (Å²) in [5.74, 6) is 1.65. The van der Waals surface area contributed by atoms with Crippen molar-refractivity contribution in [2.75, 3.05) is 44.4 Å². The van der Waals surface area contributed by atoms with Crippen LogP contribution in [0.25, 0.3) is 0 Å². The Labute approximate surface area is 185 Å². The van der Waals surface area contributed by atoms with Gasteiger partial charge in [0.2, 0.25) is 5.95 Å². The third-order valence-corrected chi connectivity index (χ3v) is 4.85. The molecular formula is C19H24FIN6O2. The molecule has 29 heavy (non-hydrogen) atoms. The molecule has 4 rings (SSSR count). The highest BCUT2D eigenvalue weighted by atomic mass is 127. The number of hydrogen-bond donors (Lipinski definition) is 1. The van der Waals surface area contributed by atoms with E-state index in [1.165, 1.54) is 12.1 Å². The summed E-state index contributed by atoms with van der Waals surface area (Å²) in [6, 6.07) is 4.75. The van der Waals surface area contributed by atoms with Crippen LogP contribution >= 0.6 is 24.0 Å². The number of nitrogens with zero attached hydrogens (tertiary/aromatic N) is 5. The van der Waals surface area contributed by atoms with Crippen molar-refractivity contribution in [3.63, 3.8) is 0 Å². The molecule has 0 atom stereocenters. The van der Waals surface area contributed by atoms with E-state index in [1.807, 2.05) is 4.90 Å². The van der Waals surface area contributed by atoms with Crippen molar-refractivity contribution in [2.24, 2.45) is 10.7 Å². The average Bonchev–Trinajstić information content (AvgIpc) is 2.74. The number of aromatic nitrogens is 2. The maximum Gasteiger partial charge on any atom is 0.225 e. The monoisotopic (exact) mass is 514 g/mol. The van der Waals surface area contributed by atoms with Gasteiger partial charge in [-0.15, -0.1) is 24.0 Å². The minimum atomic E-state index is -0.293. The summed E-state index contributed by atoms with van der Waals surface area (Å²) in [6.45, 7) is 4.09. The van der Waals surface area contributed by atoms with Gasteiger partial charge < -0.3 is 25.0 Å². The Kier molecular flexibility index (Phi) is 7.42. The molecule has 1 fully saturated rings. The van der Waals surface area contributed by atoms with E-state index in [9.17, 15) is 4.39 Å². The normalized spacial score (nSPS) is 16.7. The molecule has 2 aliphatic heterocycles. The largest absolute Gasteiger partial charge is 0.467 e. The Morgan fingerprint density at radius 1 is 1.17 bits per heavy atom. The zero-order valence-electron chi connectivity index (χ0n) is 16.0. The molecule has 0 amide bonds. The Balaban J connectivity index is 0.00000240. The number of guanidine groups is 1. The number of rotatable bonds is 4. The summed E-state index contributed by atoms with van der Waals surface area (Å²) in [5, 5.41) is 0.